The zero-order chi connectivity index (χ0) is 22.5. The van der Waals surface area contributed by atoms with Crippen molar-refractivity contribution in [1.82, 2.24) is 10.2 Å². The normalized spacial score (nSPS) is 24.2. The van der Waals surface area contributed by atoms with Crippen molar-refractivity contribution in [2.75, 3.05) is 0 Å². The average molecular weight is 435 g/mol. The number of carbonyl (C=O) groups is 2. The van der Waals surface area contributed by atoms with Gasteiger partial charge in [-0.1, -0.05) is 57.0 Å². The molecule has 0 saturated carbocycles. The number of hydrogen-bond donors (Lipinski definition) is 1. The fraction of sp³-hybridized carbons (Fsp3) is 0.481. The molecule has 0 aliphatic carbocycles. The van der Waals surface area contributed by atoms with Crippen molar-refractivity contribution >= 4 is 11.8 Å². The molecule has 2 fully saturated rings. The molecule has 4 rings (SSSR count). The van der Waals surface area contributed by atoms with Gasteiger partial charge in [-0.2, -0.15) is 0 Å². The molecular formula is C27H34N2O3. The molecule has 32 heavy (non-hydrogen) atoms. The largest absolute Gasteiger partial charge is 0.457 e. The number of nitrogens with zero attached hydrogens (tertiary/aromatic N) is 1. The van der Waals surface area contributed by atoms with Crippen molar-refractivity contribution in [3.63, 3.8) is 0 Å². The zero-order valence-corrected chi connectivity index (χ0v) is 19.1. The first-order valence-electron chi connectivity index (χ1n) is 12.0. The topological polar surface area (TPSA) is 58.6 Å². The Hall–Kier alpha value is -2.82. The molecule has 4 atom stereocenters. The van der Waals surface area contributed by atoms with E-state index in [1.54, 1.807) is 0 Å². The van der Waals surface area contributed by atoms with E-state index >= 15 is 0 Å². The fourth-order valence-corrected chi connectivity index (χ4v) is 4.90. The summed E-state index contributed by atoms with van der Waals surface area (Å²) >= 11 is 0. The number of amides is 2. The van der Waals surface area contributed by atoms with Crippen LogP contribution in [0.5, 0.6) is 11.5 Å². The third-order valence-corrected chi connectivity index (χ3v) is 6.93. The Bertz CT molecular complexity index is 930. The molecule has 2 aromatic carbocycles. The molecule has 2 aromatic rings. The van der Waals surface area contributed by atoms with Crippen molar-refractivity contribution in [2.45, 2.75) is 76.9 Å². The minimum atomic E-state index is -0.427. The predicted octanol–water partition coefficient (Wildman–Crippen LogP) is 5.62. The highest BCUT2D eigenvalue weighted by atomic mass is 16.5. The van der Waals surface area contributed by atoms with Crippen molar-refractivity contribution in [1.29, 1.82) is 0 Å². The summed E-state index contributed by atoms with van der Waals surface area (Å²) in [7, 11) is 0. The standard InChI is InChI=1S/C27H34N2O3/c1-3-19(2)26(30)28-24-15-8-7-11-21-16-17-25(29(21)27(24)31)20-10-9-14-23(18-20)32-22-12-5-4-6-13-22/h4-6,9-10,12-14,18-19,21,24-25H,3,7-8,11,15-17H2,1-2H3,(H,28,30)/t19?,21-,24-,25-/m0/s1. The Morgan fingerprint density at radius 2 is 1.78 bits per heavy atom. The van der Waals surface area contributed by atoms with E-state index in [2.05, 4.69) is 22.3 Å². The van der Waals surface area contributed by atoms with Crippen molar-refractivity contribution in [2.24, 2.45) is 5.92 Å². The Kier molecular flexibility index (Phi) is 7.13. The zero-order valence-electron chi connectivity index (χ0n) is 19.1. The van der Waals surface area contributed by atoms with E-state index in [-0.39, 0.29) is 29.8 Å². The number of ether oxygens (including phenoxy) is 1. The van der Waals surface area contributed by atoms with E-state index in [0.717, 1.165) is 55.6 Å². The molecule has 1 N–H and O–H groups in total. The van der Waals surface area contributed by atoms with Gasteiger partial charge in [-0.05, 0) is 61.9 Å². The third-order valence-electron chi connectivity index (χ3n) is 6.93. The summed E-state index contributed by atoms with van der Waals surface area (Å²) in [6.45, 7) is 3.92. The molecule has 2 heterocycles. The highest BCUT2D eigenvalue weighted by Crippen LogP contribution is 2.41. The summed E-state index contributed by atoms with van der Waals surface area (Å²) in [6, 6.07) is 17.7. The smallest absolute Gasteiger partial charge is 0.245 e. The lowest BCUT2D eigenvalue weighted by atomic mass is 9.97. The minimum absolute atomic E-state index is 0.0167. The second-order valence-corrected chi connectivity index (χ2v) is 9.14. The molecule has 0 aromatic heterocycles. The summed E-state index contributed by atoms with van der Waals surface area (Å²) in [6.07, 6.45) is 6.54. The molecule has 5 heteroatoms. The van der Waals surface area contributed by atoms with Gasteiger partial charge in [0, 0.05) is 12.0 Å². The van der Waals surface area contributed by atoms with Crippen molar-refractivity contribution in [3.8, 4) is 11.5 Å². The van der Waals surface area contributed by atoms with Crippen LogP contribution in [-0.4, -0.2) is 28.8 Å². The number of para-hydroxylation sites is 1. The van der Waals surface area contributed by atoms with Gasteiger partial charge in [-0.3, -0.25) is 9.59 Å². The first kappa shape index (κ1) is 22.4. The quantitative estimate of drug-likeness (QED) is 0.642. The molecule has 2 saturated heterocycles. The third kappa shape index (κ3) is 4.98. The molecule has 170 valence electrons. The van der Waals surface area contributed by atoms with Crippen LogP contribution in [0.15, 0.2) is 54.6 Å². The Morgan fingerprint density at radius 3 is 2.56 bits per heavy atom. The van der Waals surface area contributed by atoms with Gasteiger partial charge in [0.15, 0.2) is 0 Å². The Labute approximate surface area is 191 Å². The van der Waals surface area contributed by atoms with E-state index in [0.29, 0.717) is 6.42 Å². The van der Waals surface area contributed by atoms with Crippen LogP contribution >= 0.6 is 0 Å². The van der Waals surface area contributed by atoms with E-state index < -0.39 is 6.04 Å². The van der Waals surface area contributed by atoms with E-state index in [1.165, 1.54) is 0 Å². The lowest BCUT2D eigenvalue weighted by Crippen LogP contribution is -2.52. The maximum absolute atomic E-state index is 13.7. The highest BCUT2D eigenvalue weighted by Gasteiger charge is 2.41. The van der Waals surface area contributed by atoms with Crippen LogP contribution in [0.2, 0.25) is 0 Å². The van der Waals surface area contributed by atoms with Gasteiger partial charge >= 0.3 is 0 Å². The van der Waals surface area contributed by atoms with Crippen LogP contribution in [0.3, 0.4) is 0 Å². The molecular weight excluding hydrogens is 400 g/mol. The molecule has 2 aliphatic heterocycles. The van der Waals surface area contributed by atoms with Crippen LogP contribution in [0.25, 0.3) is 0 Å². The number of nitrogens with one attached hydrogen (secondary N) is 1. The summed E-state index contributed by atoms with van der Waals surface area (Å²) in [4.78, 5) is 28.3. The molecule has 2 amide bonds. The number of rotatable bonds is 6. The molecule has 0 bridgehead atoms. The lowest BCUT2D eigenvalue weighted by molar-refractivity contribution is -0.140. The van der Waals surface area contributed by atoms with Crippen molar-refractivity contribution in [3.05, 3.63) is 60.2 Å². The van der Waals surface area contributed by atoms with Crippen LogP contribution in [0.4, 0.5) is 0 Å². The number of hydrogen-bond acceptors (Lipinski definition) is 3. The van der Waals surface area contributed by atoms with E-state index in [9.17, 15) is 9.59 Å². The van der Waals surface area contributed by atoms with Gasteiger partial charge in [0.05, 0.1) is 6.04 Å². The van der Waals surface area contributed by atoms with Crippen molar-refractivity contribution < 1.29 is 14.3 Å². The predicted molar refractivity (Wildman–Crippen MR) is 125 cm³/mol. The second-order valence-electron chi connectivity index (χ2n) is 9.14. The summed E-state index contributed by atoms with van der Waals surface area (Å²) in [5.41, 5.74) is 1.10. The number of benzene rings is 2. The second kappa shape index (κ2) is 10.2. The first-order valence-corrected chi connectivity index (χ1v) is 12.0. The Morgan fingerprint density at radius 1 is 1.03 bits per heavy atom. The van der Waals surface area contributed by atoms with Crippen LogP contribution in [0, 0.1) is 5.92 Å². The molecule has 2 aliphatic rings. The maximum atomic E-state index is 13.7. The monoisotopic (exact) mass is 434 g/mol. The van der Waals surface area contributed by atoms with Gasteiger partial charge in [-0.15, -0.1) is 0 Å². The van der Waals surface area contributed by atoms with E-state index in [4.69, 9.17) is 4.74 Å². The van der Waals surface area contributed by atoms with Gasteiger partial charge < -0.3 is 15.0 Å². The number of carbonyl (C=O) groups excluding carboxylic acids is 2. The molecule has 0 radical (unpaired) electrons. The minimum Gasteiger partial charge on any atom is -0.457 e. The van der Waals surface area contributed by atoms with Gasteiger partial charge in [0.25, 0.3) is 0 Å². The van der Waals surface area contributed by atoms with Crippen LogP contribution < -0.4 is 10.1 Å². The van der Waals surface area contributed by atoms with E-state index in [1.807, 2.05) is 56.3 Å². The Balaban J connectivity index is 1.55. The summed E-state index contributed by atoms with van der Waals surface area (Å²) in [5.74, 6) is 1.55. The summed E-state index contributed by atoms with van der Waals surface area (Å²) < 4.78 is 6.04. The maximum Gasteiger partial charge on any atom is 0.245 e. The lowest BCUT2D eigenvalue weighted by Gasteiger charge is -2.36. The van der Waals surface area contributed by atoms with Gasteiger partial charge in [-0.25, -0.2) is 0 Å². The van der Waals surface area contributed by atoms with Crippen LogP contribution in [0.1, 0.15) is 70.4 Å². The molecule has 1 unspecified atom stereocenters. The van der Waals surface area contributed by atoms with Gasteiger partial charge in [0.2, 0.25) is 11.8 Å². The first-order chi connectivity index (χ1) is 15.6. The van der Waals surface area contributed by atoms with Crippen LogP contribution in [-0.2, 0) is 9.59 Å². The highest BCUT2D eigenvalue weighted by molar-refractivity contribution is 5.89. The molecule has 0 spiro atoms. The SMILES string of the molecule is CCC(C)C(=O)N[C@H]1CCCC[C@H]2CC[C@@H](c3cccc(Oc4ccccc4)c3)N2C1=O. The average Bonchev–Trinajstić information content (AvgIpc) is 3.23. The summed E-state index contributed by atoms with van der Waals surface area (Å²) in [5, 5.41) is 3.06. The molecule has 5 nitrogen and oxygen atoms in total. The fourth-order valence-electron chi connectivity index (χ4n) is 4.90. The van der Waals surface area contributed by atoms with Gasteiger partial charge in [0.1, 0.15) is 17.5 Å². The number of fused-ring (bicyclic) bond motifs is 1.